The first-order valence-electron chi connectivity index (χ1n) is 5.78. The molecule has 0 spiro atoms. The van der Waals surface area contributed by atoms with Crippen molar-refractivity contribution in [1.29, 1.82) is 0 Å². The van der Waals surface area contributed by atoms with Crippen LogP contribution in [0, 0.1) is 5.41 Å². The van der Waals surface area contributed by atoms with Crippen molar-refractivity contribution in [2.45, 2.75) is 25.7 Å². The molecule has 4 nitrogen and oxygen atoms in total. The van der Waals surface area contributed by atoms with Crippen molar-refractivity contribution in [2.24, 2.45) is 11.1 Å². The first kappa shape index (κ1) is 11.2. The molecule has 0 saturated heterocycles. The van der Waals surface area contributed by atoms with E-state index in [2.05, 4.69) is 5.32 Å². The zero-order chi connectivity index (χ0) is 11.4. The van der Waals surface area contributed by atoms with Crippen LogP contribution in [-0.2, 0) is 11.2 Å². The molecule has 1 aromatic rings. The van der Waals surface area contributed by atoms with Crippen molar-refractivity contribution in [2.75, 3.05) is 13.1 Å². The smallest absolute Gasteiger partial charge is 0.227 e. The Labute approximate surface area is 95.2 Å². The Bertz CT molecular complexity index is 336. The summed E-state index contributed by atoms with van der Waals surface area (Å²) in [4.78, 5) is 11.9. The maximum Gasteiger partial charge on any atom is 0.227 e. The van der Waals surface area contributed by atoms with E-state index in [0.29, 0.717) is 13.1 Å². The molecule has 4 heteroatoms. The monoisotopic (exact) mass is 222 g/mol. The van der Waals surface area contributed by atoms with Gasteiger partial charge in [0.2, 0.25) is 5.91 Å². The van der Waals surface area contributed by atoms with E-state index in [9.17, 15) is 4.79 Å². The van der Waals surface area contributed by atoms with Crippen LogP contribution < -0.4 is 11.1 Å². The zero-order valence-corrected chi connectivity index (χ0v) is 9.37. The summed E-state index contributed by atoms with van der Waals surface area (Å²) in [5.41, 5.74) is 5.38. The van der Waals surface area contributed by atoms with Crippen molar-refractivity contribution in [3.8, 4) is 0 Å². The Kier molecular flexibility index (Phi) is 3.29. The lowest BCUT2D eigenvalue weighted by molar-refractivity contribution is -0.135. The first-order chi connectivity index (χ1) is 7.77. The van der Waals surface area contributed by atoms with E-state index in [4.69, 9.17) is 10.2 Å². The fraction of sp³-hybridized carbons (Fsp3) is 0.583. The van der Waals surface area contributed by atoms with E-state index in [0.717, 1.165) is 31.4 Å². The molecule has 1 heterocycles. The number of nitrogens with one attached hydrogen (secondary N) is 1. The lowest BCUT2D eigenvalue weighted by Gasteiger charge is -2.39. The van der Waals surface area contributed by atoms with E-state index >= 15 is 0 Å². The van der Waals surface area contributed by atoms with Gasteiger partial charge < -0.3 is 15.5 Å². The molecule has 0 aliphatic heterocycles. The number of nitrogens with two attached hydrogens (primary N) is 1. The molecule has 3 N–H and O–H groups in total. The predicted octanol–water partition coefficient (Wildman–Crippen LogP) is 1.07. The summed E-state index contributed by atoms with van der Waals surface area (Å²) >= 11 is 0. The number of hydrogen-bond acceptors (Lipinski definition) is 3. The standard InChI is InChI=1S/C12H18N2O2/c13-9-12(5-2-6-12)11(15)14-7-4-10-3-1-8-16-10/h1,3,8H,2,4-7,9,13H2,(H,14,15). The number of hydrogen-bond donors (Lipinski definition) is 2. The van der Waals surface area contributed by atoms with Crippen LogP contribution in [0.2, 0.25) is 0 Å². The largest absolute Gasteiger partial charge is 0.469 e. The molecule has 0 radical (unpaired) electrons. The van der Waals surface area contributed by atoms with E-state index in [1.54, 1.807) is 6.26 Å². The molecule has 1 saturated carbocycles. The Hall–Kier alpha value is -1.29. The van der Waals surface area contributed by atoms with E-state index in [-0.39, 0.29) is 11.3 Å². The first-order valence-corrected chi connectivity index (χ1v) is 5.78. The highest BCUT2D eigenvalue weighted by atomic mass is 16.3. The zero-order valence-electron chi connectivity index (χ0n) is 9.37. The molecule has 2 rings (SSSR count). The molecular formula is C12H18N2O2. The van der Waals surface area contributed by atoms with E-state index in [1.165, 1.54) is 0 Å². The van der Waals surface area contributed by atoms with Crippen LogP contribution in [0.5, 0.6) is 0 Å². The van der Waals surface area contributed by atoms with Gasteiger partial charge in [-0.15, -0.1) is 0 Å². The summed E-state index contributed by atoms with van der Waals surface area (Å²) in [6.45, 7) is 1.08. The Morgan fingerprint density at radius 2 is 2.38 bits per heavy atom. The molecule has 0 unspecified atom stereocenters. The van der Waals surface area contributed by atoms with Gasteiger partial charge in [-0.2, -0.15) is 0 Å². The third-order valence-electron chi connectivity index (χ3n) is 3.42. The van der Waals surface area contributed by atoms with Crippen LogP contribution in [-0.4, -0.2) is 19.0 Å². The van der Waals surface area contributed by atoms with Crippen LogP contribution in [0.1, 0.15) is 25.0 Å². The maximum absolute atomic E-state index is 11.9. The lowest BCUT2D eigenvalue weighted by Crippen LogP contribution is -2.50. The predicted molar refractivity (Wildman–Crippen MR) is 60.8 cm³/mol. The number of furan rings is 1. The van der Waals surface area contributed by atoms with Gasteiger partial charge in [-0.3, -0.25) is 4.79 Å². The molecular weight excluding hydrogens is 204 g/mol. The van der Waals surface area contributed by atoms with Gasteiger partial charge in [0.15, 0.2) is 0 Å². The fourth-order valence-electron chi connectivity index (χ4n) is 2.07. The van der Waals surface area contributed by atoms with Crippen molar-refractivity contribution in [3.05, 3.63) is 24.2 Å². The van der Waals surface area contributed by atoms with Gasteiger partial charge in [0.25, 0.3) is 0 Å². The van der Waals surface area contributed by atoms with Crippen LogP contribution in [0.3, 0.4) is 0 Å². The van der Waals surface area contributed by atoms with E-state index < -0.39 is 0 Å². The van der Waals surface area contributed by atoms with Gasteiger partial charge in [-0.05, 0) is 25.0 Å². The van der Waals surface area contributed by atoms with Crippen molar-refractivity contribution >= 4 is 5.91 Å². The SMILES string of the molecule is NCC1(C(=O)NCCc2ccco2)CCC1. The maximum atomic E-state index is 11.9. The summed E-state index contributed by atoms with van der Waals surface area (Å²) in [5, 5.41) is 2.94. The second kappa shape index (κ2) is 4.70. The number of amides is 1. The number of carbonyl (C=O) groups excluding carboxylic acids is 1. The number of carbonyl (C=O) groups is 1. The minimum absolute atomic E-state index is 0.104. The Balaban J connectivity index is 1.75. The summed E-state index contributed by atoms with van der Waals surface area (Å²) < 4.78 is 5.19. The van der Waals surface area contributed by atoms with Gasteiger partial charge in [0.1, 0.15) is 5.76 Å². The topological polar surface area (TPSA) is 68.3 Å². The second-order valence-electron chi connectivity index (χ2n) is 4.42. The molecule has 16 heavy (non-hydrogen) atoms. The van der Waals surface area contributed by atoms with Crippen LogP contribution in [0.15, 0.2) is 22.8 Å². The average molecular weight is 222 g/mol. The lowest BCUT2D eigenvalue weighted by atomic mass is 9.68. The van der Waals surface area contributed by atoms with Gasteiger partial charge in [-0.1, -0.05) is 6.42 Å². The van der Waals surface area contributed by atoms with Gasteiger partial charge in [-0.25, -0.2) is 0 Å². The molecule has 0 aromatic carbocycles. The summed E-state index contributed by atoms with van der Waals surface area (Å²) in [6.07, 6.45) is 5.35. The molecule has 0 atom stereocenters. The number of rotatable bonds is 5. The van der Waals surface area contributed by atoms with Crippen LogP contribution >= 0.6 is 0 Å². The molecule has 88 valence electrons. The van der Waals surface area contributed by atoms with Gasteiger partial charge >= 0.3 is 0 Å². The van der Waals surface area contributed by atoms with Crippen LogP contribution in [0.4, 0.5) is 0 Å². The molecule has 0 bridgehead atoms. The van der Waals surface area contributed by atoms with Crippen molar-refractivity contribution in [1.82, 2.24) is 5.32 Å². The summed E-state index contributed by atoms with van der Waals surface area (Å²) in [6, 6.07) is 3.76. The Morgan fingerprint density at radius 3 is 2.88 bits per heavy atom. The highest BCUT2D eigenvalue weighted by Gasteiger charge is 2.42. The molecule has 1 fully saturated rings. The quantitative estimate of drug-likeness (QED) is 0.783. The van der Waals surface area contributed by atoms with Gasteiger partial charge in [0, 0.05) is 19.5 Å². The minimum atomic E-state index is -0.275. The normalized spacial score (nSPS) is 17.8. The summed E-state index contributed by atoms with van der Waals surface area (Å²) in [7, 11) is 0. The second-order valence-corrected chi connectivity index (χ2v) is 4.42. The highest BCUT2D eigenvalue weighted by molar-refractivity contribution is 5.83. The fourth-order valence-corrected chi connectivity index (χ4v) is 2.07. The average Bonchev–Trinajstić information content (AvgIpc) is 2.70. The minimum Gasteiger partial charge on any atom is -0.469 e. The van der Waals surface area contributed by atoms with Crippen molar-refractivity contribution in [3.63, 3.8) is 0 Å². The third-order valence-corrected chi connectivity index (χ3v) is 3.42. The highest BCUT2D eigenvalue weighted by Crippen LogP contribution is 2.39. The van der Waals surface area contributed by atoms with Crippen molar-refractivity contribution < 1.29 is 9.21 Å². The molecule has 1 aromatic heterocycles. The molecule has 1 aliphatic rings. The Morgan fingerprint density at radius 1 is 1.56 bits per heavy atom. The van der Waals surface area contributed by atoms with Crippen LogP contribution in [0.25, 0.3) is 0 Å². The third kappa shape index (κ3) is 2.11. The van der Waals surface area contributed by atoms with E-state index in [1.807, 2.05) is 12.1 Å². The summed E-state index contributed by atoms with van der Waals surface area (Å²) in [5.74, 6) is 1.00. The molecule has 1 aliphatic carbocycles. The van der Waals surface area contributed by atoms with Gasteiger partial charge in [0.05, 0.1) is 11.7 Å². The molecule has 1 amide bonds.